The number of thiocarbonyl (C=S) groups is 1. The predicted molar refractivity (Wildman–Crippen MR) is 123 cm³/mol. The molecule has 0 aliphatic carbocycles. The quantitative estimate of drug-likeness (QED) is 0.334. The summed E-state index contributed by atoms with van der Waals surface area (Å²) in [5, 5.41) is 4.64. The zero-order valence-corrected chi connectivity index (χ0v) is 18.8. The Morgan fingerprint density at radius 2 is 1.31 bits per heavy atom. The molecule has 0 unspecified atom stereocenters. The van der Waals surface area contributed by atoms with Crippen LogP contribution in [0.15, 0.2) is 81.7 Å². The molecule has 0 amide bonds. The number of benzene rings is 3. The van der Waals surface area contributed by atoms with Gasteiger partial charge in [-0.15, -0.1) is 0 Å². The summed E-state index contributed by atoms with van der Waals surface area (Å²) in [5.41, 5.74) is 1.88. The number of hydrogen-bond donors (Lipinski definition) is 1. The van der Waals surface area contributed by atoms with Crippen LogP contribution in [0.25, 0.3) is 0 Å². The summed E-state index contributed by atoms with van der Waals surface area (Å²) in [6, 6.07) is 22.8. The van der Waals surface area contributed by atoms with E-state index in [1.807, 2.05) is 79.7 Å². The maximum absolute atomic E-state index is 14.2. The number of aryl methyl sites for hydroxylation is 1. The van der Waals surface area contributed by atoms with Crippen molar-refractivity contribution in [2.45, 2.75) is 6.92 Å². The van der Waals surface area contributed by atoms with Gasteiger partial charge in [-0.25, -0.2) is 0 Å². The molecule has 0 saturated heterocycles. The molecular weight excluding hydrogens is 493 g/mol. The molecule has 0 bridgehead atoms. The number of nitrogens with one attached hydrogen (secondary N) is 1. The molecule has 0 aliphatic rings. The van der Waals surface area contributed by atoms with Gasteiger partial charge >= 0.3 is 0 Å². The minimum atomic E-state index is -3.15. The highest BCUT2D eigenvalue weighted by Crippen LogP contribution is 2.46. The summed E-state index contributed by atoms with van der Waals surface area (Å²) in [4.78, 5) is 0. The first-order valence-corrected chi connectivity index (χ1v) is 11.6. The molecule has 2 nitrogen and oxygen atoms in total. The molecule has 0 fully saturated rings. The van der Waals surface area contributed by atoms with E-state index in [0.717, 1.165) is 20.2 Å². The maximum Gasteiger partial charge on any atom is 0.197 e. The summed E-state index contributed by atoms with van der Waals surface area (Å²) in [6.07, 6.45) is 0. The fraction of sp³-hybridized carbons (Fsp3) is 0.0500. The van der Waals surface area contributed by atoms with Gasteiger partial charge in [-0.2, -0.15) is 0 Å². The van der Waals surface area contributed by atoms with Crippen molar-refractivity contribution < 1.29 is 4.57 Å². The number of hydrogen-bond acceptors (Lipinski definition) is 2. The molecule has 3 rings (SSSR count). The van der Waals surface area contributed by atoms with E-state index in [2.05, 4.69) is 37.2 Å². The minimum Gasteiger partial charge on any atom is -0.341 e. The minimum absolute atomic E-state index is 0.306. The lowest BCUT2D eigenvalue weighted by Crippen LogP contribution is -2.26. The summed E-state index contributed by atoms with van der Waals surface area (Å²) in [7, 11) is -3.15. The summed E-state index contributed by atoms with van der Waals surface area (Å²) >= 11 is 12.8. The SMILES string of the molecule is Cc1cc(Br)c(NC(=S)P(=O)(c2ccccc2)c2ccccc2)c(Br)c1. The molecule has 0 spiro atoms. The predicted octanol–water partition coefficient (Wildman–Crippen LogP) is 6.23. The number of rotatable bonds is 4. The molecule has 0 aliphatic heterocycles. The standard InChI is InChI=1S/C20H16Br2NOPS/c1-14-12-17(21)19(18(22)13-14)23-20(26)25(24,15-8-4-2-5-9-15)16-10-6-3-7-11-16/h2-13H,1H3,(H,23,26). The number of halogens is 2. The third-order valence-corrected chi connectivity index (χ3v) is 8.80. The Morgan fingerprint density at radius 3 is 1.73 bits per heavy atom. The molecule has 6 heteroatoms. The van der Waals surface area contributed by atoms with Crippen LogP contribution in [0.3, 0.4) is 0 Å². The first-order valence-electron chi connectivity index (χ1n) is 7.91. The van der Waals surface area contributed by atoms with Gasteiger partial charge in [0.1, 0.15) is 4.73 Å². The first kappa shape index (κ1) is 19.5. The van der Waals surface area contributed by atoms with Gasteiger partial charge in [0.2, 0.25) is 0 Å². The van der Waals surface area contributed by atoms with E-state index >= 15 is 0 Å². The largest absolute Gasteiger partial charge is 0.341 e. The van der Waals surface area contributed by atoms with E-state index in [9.17, 15) is 4.57 Å². The fourth-order valence-corrected chi connectivity index (χ4v) is 7.23. The Labute approximate surface area is 175 Å². The zero-order chi connectivity index (χ0) is 18.7. The van der Waals surface area contributed by atoms with Gasteiger partial charge in [0.05, 0.1) is 5.69 Å². The summed E-state index contributed by atoms with van der Waals surface area (Å²) in [6.45, 7) is 2.01. The van der Waals surface area contributed by atoms with E-state index in [0.29, 0.717) is 15.3 Å². The highest BCUT2D eigenvalue weighted by Gasteiger charge is 2.33. The first-order chi connectivity index (χ1) is 12.4. The topological polar surface area (TPSA) is 29.1 Å². The van der Waals surface area contributed by atoms with Crippen LogP contribution in [0.4, 0.5) is 5.69 Å². The van der Waals surface area contributed by atoms with Gasteiger partial charge in [-0.05, 0) is 56.5 Å². The fourth-order valence-electron chi connectivity index (χ4n) is 2.66. The van der Waals surface area contributed by atoms with Crippen LogP contribution < -0.4 is 15.9 Å². The van der Waals surface area contributed by atoms with Crippen molar-refractivity contribution >= 4 is 72.2 Å². The van der Waals surface area contributed by atoms with E-state index in [1.165, 1.54) is 0 Å². The van der Waals surface area contributed by atoms with E-state index in [4.69, 9.17) is 12.2 Å². The number of anilines is 1. The van der Waals surface area contributed by atoms with E-state index < -0.39 is 7.14 Å². The van der Waals surface area contributed by atoms with Crippen molar-refractivity contribution in [2.24, 2.45) is 0 Å². The van der Waals surface area contributed by atoms with Crippen LogP contribution in [0.2, 0.25) is 0 Å². The van der Waals surface area contributed by atoms with Crippen LogP contribution in [-0.2, 0) is 4.57 Å². The molecule has 0 radical (unpaired) electrons. The lowest BCUT2D eigenvalue weighted by molar-refractivity contribution is 0.594. The molecule has 0 heterocycles. The molecule has 3 aromatic carbocycles. The van der Waals surface area contributed by atoms with Crippen molar-refractivity contribution in [3.05, 3.63) is 87.3 Å². The maximum atomic E-state index is 14.2. The highest BCUT2D eigenvalue weighted by molar-refractivity contribution is 9.11. The van der Waals surface area contributed by atoms with Crippen LogP contribution >= 0.6 is 51.2 Å². The van der Waals surface area contributed by atoms with Crippen molar-refractivity contribution in [2.75, 3.05) is 5.32 Å². The van der Waals surface area contributed by atoms with Crippen molar-refractivity contribution in [1.82, 2.24) is 0 Å². The van der Waals surface area contributed by atoms with Gasteiger partial charge < -0.3 is 9.88 Å². The lowest BCUT2D eigenvalue weighted by atomic mass is 10.2. The molecule has 3 aromatic rings. The van der Waals surface area contributed by atoms with Gasteiger partial charge in [-0.3, -0.25) is 0 Å². The smallest absolute Gasteiger partial charge is 0.197 e. The van der Waals surface area contributed by atoms with Gasteiger partial charge in [-0.1, -0.05) is 72.9 Å². The molecule has 132 valence electrons. The Kier molecular flexibility index (Phi) is 6.13. The van der Waals surface area contributed by atoms with Crippen LogP contribution in [0.1, 0.15) is 5.56 Å². The average Bonchev–Trinajstić information content (AvgIpc) is 2.65. The van der Waals surface area contributed by atoms with Gasteiger partial charge in [0, 0.05) is 19.6 Å². The van der Waals surface area contributed by atoms with E-state index in [1.54, 1.807) is 0 Å². The van der Waals surface area contributed by atoms with Gasteiger partial charge in [0.15, 0.2) is 7.14 Å². The second kappa shape index (κ2) is 8.18. The Morgan fingerprint density at radius 1 is 0.885 bits per heavy atom. The summed E-state index contributed by atoms with van der Waals surface area (Å²) < 4.78 is 16.2. The van der Waals surface area contributed by atoms with Crippen molar-refractivity contribution in [3.8, 4) is 0 Å². The molecular formula is C20H16Br2NOPS. The molecule has 0 aromatic heterocycles. The highest BCUT2D eigenvalue weighted by atomic mass is 79.9. The second-order valence-electron chi connectivity index (χ2n) is 5.81. The Balaban J connectivity index is 2.09. The van der Waals surface area contributed by atoms with Crippen molar-refractivity contribution in [1.29, 1.82) is 0 Å². The zero-order valence-electron chi connectivity index (χ0n) is 13.9. The molecule has 0 saturated carbocycles. The summed E-state index contributed by atoms with van der Waals surface area (Å²) in [5.74, 6) is 0. The monoisotopic (exact) mass is 507 g/mol. The third kappa shape index (κ3) is 3.86. The normalized spacial score (nSPS) is 11.2. The van der Waals surface area contributed by atoms with Crippen LogP contribution in [0.5, 0.6) is 0 Å². The van der Waals surface area contributed by atoms with Gasteiger partial charge in [0.25, 0.3) is 0 Å². The molecule has 26 heavy (non-hydrogen) atoms. The molecule has 0 atom stereocenters. The second-order valence-corrected chi connectivity index (χ2v) is 10.9. The lowest BCUT2D eigenvalue weighted by Gasteiger charge is -2.22. The Hall–Kier alpha value is -1.26. The Bertz CT molecular complexity index is 927. The van der Waals surface area contributed by atoms with Crippen molar-refractivity contribution in [3.63, 3.8) is 0 Å². The molecule has 1 N–H and O–H groups in total. The third-order valence-electron chi connectivity index (χ3n) is 3.94. The average molecular weight is 509 g/mol. The van der Waals surface area contributed by atoms with Crippen LogP contribution in [0, 0.1) is 6.92 Å². The van der Waals surface area contributed by atoms with Crippen LogP contribution in [-0.4, -0.2) is 4.73 Å². The van der Waals surface area contributed by atoms with E-state index in [-0.39, 0.29) is 0 Å².